The van der Waals surface area contributed by atoms with Crippen molar-refractivity contribution in [3.05, 3.63) is 11.6 Å². The summed E-state index contributed by atoms with van der Waals surface area (Å²) in [6, 6.07) is 0. The van der Waals surface area contributed by atoms with Crippen LogP contribution in [0.25, 0.3) is 0 Å². The number of carboxylic acid groups (broad SMARTS) is 1. The van der Waals surface area contributed by atoms with Gasteiger partial charge in [0.05, 0.1) is 17.3 Å². The smallest absolute Gasteiger partial charge is 0.156 e. The number of hydrogen-bond donors (Lipinski definition) is 1. The lowest BCUT2D eigenvalue weighted by Gasteiger charge is -2.59. The summed E-state index contributed by atoms with van der Waals surface area (Å²) in [5.74, 6) is 0.764. The van der Waals surface area contributed by atoms with Crippen molar-refractivity contribution in [1.29, 1.82) is 0 Å². The van der Waals surface area contributed by atoms with Crippen molar-refractivity contribution in [2.45, 2.75) is 77.7 Å². The van der Waals surface area contributed by atoms with Gasteiger partial charge in [0.25, 0.3) is 0 Å². The molecule has 0 bridgehead atoms. The highest BCUT2D eigenvalue weighted by Gasteiger charge is 2.62. The number of oxime groups is 1. The second kappa shape index (κ2) is 6.33. The molecular weight excluding hydrogens is 342 g/mol. The fourth-order valence-electron chi connectivity index (χ4n) is 7.05. The predicted molar refractivity (Wildman–Crippen MR) is 101 cm³/mol. The van der Waals surface area contributed by atoms with Crippen molar-refractivity contribution in [3.8, 4) is 0 Å². The number of carboxylic acids is 1. The molecule has 4 rings (SSSR count). The largest absolute Gasteiger partial charge is 0.546 e. The summed E-state index contributed by atoms with van der Waals surface area (Å²) in [7, 11) is 0. The molecule has 4 aliphatic carbocycles. The van der Waals surface area contributed by atoms with Crippen molar-refractivity contribution in [3.63, 3.8) is 0 Å². The molecule has 0 aliphatic heterocycles. The van der Waals surface area contributed by atoms with Gasteiger partial charge in [-0.2, -0.15) is 0 Å². The summed E-state index contributed by atoms with van der Waals surface area (Å²) in [5.41, 5.74) is 2.05. The highest BCUT2D eigenvalue weighted by atomic mass is 16.6. The Morgan fingerprint density at radius 3 is 2.67 bits per heavy atom. The Kier molecular flexibility index (Phi) is 4.45. The van der Waals surface area contributed by atoms with Crippen LogP contribution in [0.4, 0.5) is 0 Å². The van der Waals surface area contributed by atoms with E-state index in [1.54, 1.807) is 0 Å². The highest BCUT2D eigenvalue weighted by molar-refractivity contribution is 5.96. The van der Waals surface area contributed by atoms with E-state index in [0.29, 0.717) is 17.8 Å². The summed E-state index contributed by atoms with van der Waals surface area (Å²) in [5, 5.41) is 25.5. The Morgan fingerprint density at radius 1 is 1.19 bits per heavy atom. The maximum absolute atomic E-state index is 11.0. The van der Waals surface area contributed by atoms with Gasteiger partial charge in [0.15, 0.2) is 6.61 Å². The second-order valence-electron chi connectivity index (χ2n) is 10.00. The first-order valence-corrected chi connectivity index (χ1v) is 10.5. The van der Waals surface area contributed by atoms with Crippen LogP contribution in [0.15, 0.2) is 16.8 Å². The summed E-state index contributed by atoms with van der Waals surface area (Å²) >= 11 is 0. The lowest BCUT2D eigenvalue weighted by atomic mass is 9.46. The molecule has 1 N–H and O–H groups in total. The van der Waals surface area contributed by atoms with Gasteiger partial charge in [0.2, 0.25) is 0 Å². The molecule has 0 amide bonds. The van der Waals surface area contributed by atoms with Crippen molar-refractivity contribution in [2.75, 3.05) is 6.61 Å². The van der Waals surface area contributed by atoms with Crippen molar-refractivity contribution in [1.82, 2.24) is 0 Å². The van der Waals surface area contributed by atoms with Gasteiger partial charge in [-0.3, -0.25) is 0 Å². The van der Waals surface area contributed by atoms with Gasteiger partial charge in [0, 0.05) is 0 Å². The van der Waals surface area contributed by atoms with Crippen LogP contribution in [-0.4, -0.2) is 29.0 Å². The number of hydrogen-bond acceptors (Lipinski definition) is 5. The Morgan fingerprint density at radius 2 is 1.93 bits per heavy atom. The average Bonchev–Trinajstić information content (AvgIpc) is 2.84. The van der Waals surface area contributed by atoms with Crippen molar-refractivity contribution in [2.24, 2.45) is 33.7 Å². The molecule has 3 fully saturated rings. The van der Waals surface area contributed by atoms with E-state index in [2.05, 4.69) is 32.0 Å². The summed E-state index contributed by atoms with van der Waals surface area (Å²) in [6.45, 7) is 6.31. The van der Waals surface area contributed by atoms with E-state index in [0.717, 1.165) is 44.2 Å². The second-order valence-corrected chi connectivity index (χ2v) is 10.00. The number of nitrogens with zero attached hydrogens (tertiary/aromatic N) is 1. The van der Waals surface area contributed by atoms with Crippen LogP contribution < -0.4 is 5.11 Å². The average molecular weight is 375 g/mol. The first-order valence-electron chi connectivity index (χ1n) is 10.5. The Hall–Kier alpha value is -1.36. The summed E-state index contributed by atoms with van der Waals surface area (Å²) < 4.78 is 0. The lowest BCUT2D eigenvalue weighted by molar-refractivity contribution is -0.309. The Bertz CT molecular complexity index is 696. The van der Waals surface area contributed by atoms with Gasteiger partial charge in [-0.05, 0) is 93.0 Å². The van der Waals surface area contributed by atoms with Crippen molar-refractivity contribution < 1.29 is 19.8 Å². The van der Waals surface area contributed by atoms with Gasteiger partial charge in [-0.15, -0.1) is 0 Å². The van der Waals surface area contributed by atoms with E-state index in [4.69, 9.17) is 4.84 Å². The fraction of sp³-hybridized carbons (Fsp3) is 0.818. The molecule has 0 aromatic heterocycles. The molecular formula is C22H32NO4-. The first kappa shape index (κ1) is 19.0. The molecule has 27 heavy (non-hydrogen) atoms. The molecule has 6 atom stereocenters. The minimum absolute atomic E-state index is 0.0612. The zero-order chi connectivity index (χ0) is 19.4. The maximum atomic E-state index is 11.0. The topological polar surface area (TPSA) is 82.0 Å². The molecule has 0 unspecified atom stereocenters. The SMILES string of the molecule is C[C@]1(O)CC[C@@H]2[C@@H]3CCC4=CC(=NOCC(=O)[O-])CC[C@@]4(C)[C@H]3CC[C@]21C. The van der Waals surface area contributed by atoms with Crippen LogP contribution in [0.3, 0.4) is 0 Å². The van der Waals surface area contributed by atoms with Crippen LogP contribution in [0.5, 0.6) is 0 Å². The predicted octanol–water partition coefficient (Wildman–Crippen LogP) is 2.82. The quantitative estimate of drug-likeness (QED) is 0.770. The molecule has 150 valence electrons. The van der Waals surface area contributed by atoms with Crippen LogP contribution in [0, 0.1) is 28.6 Å². The fourth-order valence-corrected chi connectivity index (χ4v) is 7.05. The van der Waals surface area contributed by atoms with Crippen LogP contribution in [-0.2, 0) is 9.63 Å². The van der Waals surface area contributed by atoms with Gasteiger partial charge < -0.3 is 19.8 Å². The lowest BCUT2D eigenvalue weighted by Crippen LogP contribution is -2.53. The Labute approximate surface area is 161 Å². The molecule has 0 spiro atoms. The molecule has 0 aromatic rings. The minimum Gasteiger partial charge on any atom is -0.546 e. The standard InChI is InChI=1S/C22H33NO4/c1-20-9-6-15(23-27-13-19(24)25)12-14(20)4-5-16-17(20)7-10-21(2)18(16)8-11-22(21,3)26/h12,16-18,26H,4-11,13H2,1-3H3,(H,24,25)/p-1/t16-,17+,18-,20-,21-,22+/m1/s1. The minimum atomic E-state index is -1.24. The number of carbonyl (C=O) groups excluding carboxylic acids is 1. The van der Waals surface area contributed by atoms with E-state index >= 15 is 0 Å². The number of rotatable bonds is 3. The normalized spacial score (nSPS) is 47.6. The third-order valence-corrected chi connectivity index (χ3v) is 8.90. The number of fused-ring (bicyclic) bond motifs is 5. The number of allylic oxidation sites excluding steroid dienone is 2. The third-order valence-electron chi connectivity index (χ3n) is 8.90. The van der Waals surface area contributed by atoms with Gasteiger partial charge in [0.1, 0.15) is 0 Å². The summed E-state index contributed by atoms with van der Waals surface area (Å²) in [6.07, 6.45) is 10.7. The molecule has 3 saturated carbocycles. The number of aliphatic carboxylic acids is 1. The van der Waals surface area contributed by atoms with Gasteiger partial charge >= 0.3 is 0 Å². The highest BCUT2D eigenvalue weighted by Crippen LogP contribution is 2.67. The monoisotopic (exact) mass is 374 g/mol. The molecule has 5 nitrogen and oxygen atoms in total. The first-order chi connectivity index (χ1) is 12.7. The van der Waals surface area contributed by atoms with Gasteiger partial charge in [-0.25, -0.2) is 0 Å². The molecule has 0 radical (unpaired) electrons. The van der Waals surface area contributed by atoms with Crippen LogP contribution in [0.1, 0.15) is 72.1 Å². The van der Waals surface area contributed by atoms with E-state index in [9.17, 15) is 15.0 Å². The Balaban J connectivity index is 1.56. The summed E-state index contributed by atoms with van der Waals surface area (Å²) in [4.78, 5) is 15.4. The molecule has 0 heterocycles. The maximum Gasteiger partial charge on any atom is 0.156 e. The van der Waals surface area contributed by atoms with E-state index in [1.165, 1.54) is 18.4 Å². The van der Waals surface area contributed by atoms with E-state index in [-0.39, 0.29) is 10.8 Å². The van der Waals surface area contributed by atoms with Gasteiger partial charge in [-0.1, -0.05) is 24.6 Å². The van der Waals surface area contributed by atoms with Crippen LogP contribution in [0.2, 0.25) is 0 Å². The number of aliphatic hydroxyl groups is 1. The molecule has 0 aromatic carbocycles. The number of carbonyl (C=O) groups is 1. The zero-order valence-corrected chi connectivity index (χ0v) is 16.8. The zero-order valence-electron chi connectivity index (χ0n) is 16.8. The third kappa shape index (κ3) is 2.84. The molecule has 4 aliphatic rings. The molecule has 5 heteroatoms. The van der Waals surface area contributed by atoms with Crippen molar-refractivity contribution >= 4 is 11.7 Å². The molecule has 0 saturated heterocycles. The van der Waals surface area contributed by atoms with E-state index < -0.39 is 18.2 Å². The van der Waals surface area contributed by atoms with Crippen LogP contribution >= 0.6 is 0 Å². The van der Waals surface area contributed by atoms with E-state index in [1.807, 2.05) is 0 Å².